The van der Waals surface area contributed by atoms with Crippen molar-refractivity contribution in [2.75, 3.05) is 0 Å². The second-order valence-electron chi connectivity index (χ2n) is 4.98. The minimum absolute atomic E-state index is 0. The third-order valence-corrected chi connectivity index (χ3v) is 3.20. The van der Waals surface area contributed by atoms with Crippen LogP contribution in [0.2, 0.25) is 0 Å². The first-order valence-corrected chi connectivity index (χ1v) is 7.40. The van der Waals surface area contributed by atoms with E-state index in [2.05, 4.69) is 54.6 Å². The van der Waals surface area contributed by atoms with Crippen LogP contribution in [-0.2, 0) is 32.3 Å². The molecule has 22 heavy (non-hydrogen) atoms. The average Bonchev–Trinajstić information content (AvgIpc) is 3.19. The maximum atomic E-state index is 3.30. The Morgan fingerprint density at radius 2 is 1.73 bits per heavy atom. The summed E-state index contributed by atoms with van der Waals surface area (Å²) < 4.78 is 0. The Bertz CT molecular complexity index is 570. The van der Waals surface area contributed by atoms with E-state index in [4.69, 9.17) is 0 Å². The first-order valence-electron chi connectivity index (χ1n) is 7.40. The molecule has 0 nitrogen and oxygen atoms in total. The van der Waals surface area contributed by atoms with E-state index in [9.17, 15) is 0 Å². The van der Waals surface area contributed by atoms with Crippen molar-refractivity contribution in [1.29, 1.82) is 0 Å². The monoisotopic (exact) mass is 453 g/mol. The predicted molar refractivity (Wildman–Crippen MR) is 90.7 cm³/mol. The van der Waals surface area contributed by atoms with Crippen LogP contribution in [0.25, 0.3) is 11.1 Å². The molecule has 0 saturated heterocycles. The van der Waals surface area contributed by atoms with E-state index >= 15 is 0 Å². The second-order valence-corrected chi connectivity index (χ2v) is 4.98. The van der Waals surface area contributed by atoms with Crippen molar-refractivity contribution in [3.05, 3.63) is 90.4 Å². The molecule has 0 fully saturated rings. The number of fused-ring (bicyclic) bond motifs is 3. The topological polar surface area (TPSA) is 0 Å². The van der Waals surface area contributed by atoms with Crippen LogP contribution in [0.3, 0.4) is 0 Å². The Hall–Kier alpha value is -1.21. The molecule has 1 heteroatoms. The van der Waals surface area contributed by atoms with Gasteiger partial charge in [0, 0.05) is 25.8 Å². The quantitative estimate of drug-likeness (QED) is 0.309. The van der Waals surface area contributed by atoms with Crippen LogP contribution in [0.1, 0.15) is 31.4 Å². The second kappa shape index (κ2) is 10.5. The summed E-state index contributed by atoms with van der Waals surface area (Å²) in [4.78, 5) is 0. The molecule has 0 radical (unpaired) electrons. The summed E-state index contributed by atoms with van der Waals surface area (Å²) in [7, 11) is 0. The zero-order valence-electron chi connectivity index (χ0n) is 13.3. The molecule has 0 amide bonds. The van der Waals surface area contributed by atoms with Gasteiger partial charge in [-0.1, -0.05) is 35.4 Å². The predicted octanol–water partition coefficient (Wildman–Crippen LogP) is 5.59. The summed E-state index contributed by atoms with van der Waals surface area (Å²) in [6.07, 6.45) is 13.0. The van der Waals surface area contributed by atoms with Crippen molar-refractivity contribution in [2.45, 2.75) is 26.7 Å². The van der Waals surface area contributed by atoms with Gasteiger partial charge in [-0.05, 0) is 6.42 Å². The van der Waals surface area contributed by atoms with E-state index in [1.165, 1.54) is 22.3 Å². The Morgan fingerprint density at radius 3 is 2.36 bits per heavy atom. The number of hydrogen-bond donors (Lipinski definition) is 0. The molecule has 0 atom stereocenters. The fraction of sp³-hybridized carbons (Fsp3) is 0.190. The number of benzene rings is 2. The molecule has 2 aliphatic carbocycles. The van der Waals surface area contributed by atoms with Gasteiger partial charge in [-0.15, -0.1) is 12.0 Å². The summed E-state index contributed by atoms with van der Waals surface area (Å²) in [5, 5.41) is 0. The zero-order chi connectivity index (χ0) is 14.9. The van der Waals surface area contributed by atoms with E-state index in [0.717, 1.165) is 12.8 Å². The first-order chi connectivity index (χ1) is 10.4. The molecule has 0 aromatic heterocycles. The van der Waals surface area contributed by atoms with Crippen molar-refractivity contribution in [1.82, 2.24) is 0 Å². The molecular formula is C21H21Hf-3. The summed E-state index contributed by atoms with van der Waals surface area (Å²) in [6.45, 7) is 4.00. The maximum absolute atomic E-state index is 3.30. The van der Waals surface area contributed by atoms with Gasteiger partial charge in [0.2, 0.25) is 0 Å². The van der Waals surface area contributed by atoms with Crippen LogP contribution < -0.4 is 0 Å². The molecule has 0 saturated carbocycles. The average molecular weight is 452 g/mol. The normalized spacial score (nSPS) is 12.1. The molecule has 0 bridgehead atoms. The Labute approximate surface area is 153 Å². The Balaban J connectivity index is 0.000000227. The summed E-state index contributed by atoms with van der Waals surface area (Å²) >= 11 is 0. The van der Waals surface area contributed by atoms with E-state index in [1.54, 1.807) is 0 Å². The third kappa shape index (κ3) is 5.21. The molecule has 0 unspecified atom stereocenters. The summed E-state index contributed by atoms with van der Waals surface area (Å²) in [5.41, 5.74) is 5.51. The van der Waals surface area contributed by atoms with Crippen molar-refractivity contribution in [3.8, 4) is 11.1 Å². The van der Waals surface area contributed by atoms with Gasteiger partial charge in [0.15, 0.2) is 0 Å². The van der Waals surface area contributed by atoms with E-state index < -0.39 is 0 Å². The number of hydrogen-bond acceptors (Lipinski definition) is 0. The largest absolute Gasteiger partial charge is 0.335 e. The SMILES string of the molecule is C[CH-]C.[C-]1=CC=CC1.[Hf].[c-]1cccc2c1Cc1ccccc1-2. The first kappa shape index (κ1) is 18.8. The molecule has 0 heterocycles. The van der Waals surface area contributed by atoms with Gasteiger partial charge in [-0.3, -0.25) is 6.08 Å². The smallest absolute Gasteiger partial charge is 0 e. The Kier molecular flexibility index (Phi) is 9.00. The summed E-state index contributed by atoms with van der Waals surface area (Å²) in [5.74, 6) is 0. The van der Waals surface area contributed by atoms with Crippen LogP contribution in [-0.4, -0.2) is 0 Å². The molecule has 2 aliphatic rings. The van der Waals surface area contributed by atoms with E-state index in [-0.39, 0.29) is 25.8 Å². The van der Waals surface area contributed by atoms with Gasteiger partial charge < -0.3 is 6.42 Å². The van der Waals surface area contributed by atoms with Crippen LogP contribution in [0.5, 0.6) is 0 Å². The van der Waals surface area contributed by atoms with Crippen molar-refractivity contribution < 1.29 is 25.8 Å². The third-order valence-electron chi connectivity index (χ3n) is 3.20. The maximum Gasteiger partial charge on any atom is 0 e. The van der Waals surface area contributed by atoms with Crippen molar-refractivity contribution in [3.63, 3.8) is 0 Å². The number of allylic oxidation sites excluding steroid dienone is 4. The molecule has 0 aliphatic heterocycles. The minimum atomic E-state index is 0. The van der Waals surface area contributed by atoms with Gasteiger partial charge >= 0.3 is 0 Å². The van der Waals surface area contributed by atoms with Gasteiger partial charge in [0.25, 0.3) is 0 Å². The zero-order valence-corrected chi connectivity index (χ0v) is 16.9. The van der Waals surface area contributed by atoms with Gasteiger partial charge in [0.05, 0.1) is 0 Å². The summed E-state index contributed by atoms with van der Waals surface area (Å²) in [6, 6.07) is 18.1. The molecular weight excluding hydrogens is 431 g/mol. The van der Waals surface area contributed by atoms with E-state index in [1.807, 2.05) is 38.5 Å². The minimum Gasteiger partial charge on any atom is -0.335 e. The molecule has 0 spiro atoms. The van der Waals surface area contributed by atoms with Crippen molar-refractivity contribution in [2.24, 2.45) is 0 Å². The molecule has 112 valence electrons. The van der Waals surface area contributed by atoms with E-state index in [0.29, 0.717) is 0 Å². The molecule has 4 rings (SSSR count). The van der Waals surface area contributed by atoms with Gasteiger partial charge in [0.1, 0.15) is 0 Å². The van der Waals surface area contributed by atoms with Crippen LogP contribution in [0, 0.1) is 18.6 Å². The fourth-order valence-corrected chi connectivity index (χ4v) is 2.34. The van der Waals surface area contributed by atoms with Crippen LogP contribution in [0.4, 0.5) is 0 Å². The van der Waals surface area contributed by atoms with Crippen molar-refractivity contribution >= 4 is 0 Å². The Morgan fingerprint density at radius 1 is 1.00 bits per heavy atom. The van der Waals surface area contributed by atoms with Crippen LogP contribution >= 0.6 is 0 Å². The fourth-order valence-electron chi connectivity index (χ4n) is 2.34. The number of rotatable bonds is 0. The van der Waals surface area contributed by atoms with Crippen LogP contribution in [0.15, 0.2) is 60.7 Å². The van der Waals surface area contributed by atoms with Gasteiger partial charge in [-0.25, -0.2) is 12.2 Å². The molecule has 2 aromatic carbocycles. The molecule has 2 aromatic rings. The van der Waals surface area contributed by atoms with Gasteiger partial charge in [-0.2, -0.15) is 49.8 Å². The molecule has 0 N–H and O–H groups in total. The standard InChI is InChI=1S/C13H9.C5H5.C3H7.Hf/c1-3-7-12-10(5-1)9-11-6-2-4-8-13(11)12;1-2-4-5-3-1;1-3-2;/h1-5,7-8H,9H2;1-3H,4H2;3H,1-2H3;/q3*-1;.